The number of carbonyl (C=O) groups is 1. The monoisotopic (exact) mass is 532 g/mol. The summed E-state index contributed by atoms with van der Waals surface area (Å²) in [6, 6.07) is 27.3. The Hall–Kier alpha value is -4.50. The Morgan fingerprint density at radius 3 is 2.05 bits per heavy atom. The molecule has 0 aliphatic carbocycles. The Morgan fingerprint density at radius 1 is 0.789 bits per heavy atom. The lowest BCUT2D eigenvalue weighted by molar-refractivity contribution is -0.114. The third-order valence-corrected chi connectivity index (χ3v) is 7.44. The summed E-state index contributed by atoms with van der Waals surface area (Å²) in [5.41, 5.74) is 1.57. The van der Waals surface area contributed by atoms with E-state index in [0.717, 1.165) is 9.87 Å². The van der Waals surface area contributed by atoms with Crippen molar-refractivity contribution in [3.05, 3.63) is 103 Å². The van der Waals surface area contributed by atoms with Crippen LogP contribution in [0.4, 0.5) is 11.4 Å². The SMILES string of the molecule is COc1ccc(OC)c(N(CC(=O)Nc2ccc(Oc3ccccc3)cc2)S(=O)(=O)c2ccc(C)cc2)c1. The zero-order valence-corrected chi connectivity index (χ0v) is 22.1. The lowest BCUT2D eigenvalue weighted by atomic mass is 10.2. The second-order valence-corrected chi connectivity index (χ2v) is 10.2. The molecule has 0 saturated carbocycles. The molecule has 0 aromatic heterocycles. The number of para-hydroxylation sites is 1. The highest BCUT2D eigenvalue weighted by Crippen LogP contribution is 2.36. The number of methoxy groups -OCH3 is 2. The van der Waals surface area contributed by atoms with E-state index < -0.39 is 22.5 Å². The van der Waals surface area contributed by atoms with Gasteiger partial charge >= 0.3 is 0 Å². The minimum Gasteiger partial charge on any atom is -0.497 e. The minimum atomic E-state index is -4.14. The number of hydrogen-bond acceptors (Lipinski definition) is 6. The van der Waals surface area contributed by atoms with Crippen molar-refractivity contribution in [2.75, 3.05) is 30.4 Å². The van der Waals surface area contributed by atoms with Gasteiger partial charge in [-0.05, 0) is 67.6 Å². The molecule has 4 aromatic rings. The van der Waals surface area contributed by atoms with Gasteiger partial charge in [0.1, 0.15) is 29.5 Å². The first kappa shape index (κ1) is 26.6. The van der Waals surface area contributed by atoms with Crippen LogP contribution in [0.25, 0.3) is 0 Å². The molecule has 0 radical (unpaired) electrons. The minimum absolute atomic E-state index is 0.0446. The summed E-state index contributed by atoms with van der Waals surface area (Å²) in [5.74, 6) is 1.44. The van der Waals surface area contributed by atoms with Crippen molar-refractivity contribution in [2.45, 2.75) is 11.8 Å². The molecule has 0 heterocycles. The summed E-state index contributed by atoms with van der Waals surface area (Å²) in [7, 11) is -1.23. The summed E-state index contributed by atoms with van der Waals surface area (Å²) >= 11 is 0. The van der Waals surface area contributed by atoms with Gasteiger partial charge in [-0.3, -0.25) is 9.10 Å². The molecule has 0 fully saturated rings. The first-order chi connectivity index (χ1) is 18.3. The van der Waals surface area contributed by atoms with E-state index in [9.17, 15) is 13.2 Å². The van der Waals surface area contributed by atoms with Crippen LogP contribution in [0.5, 0.6) is 23.0 Å². The quantitative estimate of drug-likeness (QED) is 0.284. The van der Waals surface area contributed by atoms with Crippen molar-refractivity contribution < 1.29 is 27.4 Å². The molecule has 0 aliphatic rings. The Morgan fingerprint density at radius 2 is 1.42 bits per heavy atom. The Labute approximate surface area is 222 Å². The van der Waals surface area contributed by atoms with Gasteiger partial charge in [0.05, 0.1) is 24.8 Å². The van der Waals surface area contributed by atoms with Gasteiger partial charge in [0.25, 0.3) is 10.0 Å². The number of amides is 1. The number of nitrogens with one attached hydrogen (secondary N) is 1. The number of hydrogen-bond donors (Lipinski definition) is 1. The number of anilines is 2. The lowest BCUT2D eigenvalue weighted by Crippen LogP contribution is -2.38. The first-order valence-corrected chi connectivity index (χ1v) is 13.2. The highest BCUT2D eigenvalue weighted by molar-refractivity contribution is 7.92. The third-order valence-electron chi connectivity index (χ3n) is 5.67. The number of carbonyl (C=O) groups excluding carboxylic acids is 1. The van der Waals surface area contributed by atoms with Gasteiger partial charge in [-0.25, -0.2) is 8.42 Å². The fourth-order valence-electron chi connectivity index (χ4n) is 3.69. The molecular formula is C29H28N2O6S. The highest BCUT2D eigenvalue weighted by Gasteiger charge is 2.30. The van der Waals surface area contributed by atoms with E-state index in [1.54, 1.807) is 48.5 Å². The zero-order chi connectivity index (χ0) is 27.1. The van der Waals surface area contributed by atoms with Crippen LogP contribution >= 0.6 is 0 Å². The maximum absolute atomic E-state index is 13.8. The van der Waals surface area contributed by atoms with Crippen LogP contribution in [0.1, 0.15) is 5.56 Å². The maximum atomic E-state index is 13.8. The molecule has 9 heteroatoms. The van der Waals surface area contributed by atoms with E-state index in [1.807, 2.05) is 37.3 Å². The van der Waals surface area contributed by atoms with Crippen molar-refractivity contribution in [2.24, 2.45) is 0 Å². The topological polar surface area (TPSA) is 94.2 Å². The molecule has 196 valence electrons. The van der Waals surface area contributed by atoms with Gasteiger partial charge in [0.15, 0.2) is 0 Å². The van der Waals surface area contributed by atoms with Crippen LogP contribution in [0, 0.1) is 6.92 Å². The van der Waals surface area contributed by atoms with Crippen molar-refractivity contribution in [3.63, 3.8) is 0 Å². The van der Waals surface area contributed by atoms with Gasteiger partial charge in [0, 0.05) is 11.8 Å². The Balaban J connectivity index is 1.60. The smallest absolute Gasteiger partial charge is 0.264 e. The molecule has 0 aliphatic heterocycles. The standard InChI is InChI=1S/C29H28N2O6S/c1-21-9-16-26(17-10-21)38(33,34)31(27-19-25(35-2)15-18-28(27)36-3)20-29(32)30-22-11-13-24(14-12-22)37-23-7-5-4-6-8-23/h4-19H,20H2,1-3H3,(H,30,32). The van der Waals surface area contributed by atoms with Crippen molar-refractivity contribution in [3.8, 4) is 23.0 Å². The number of rotatable bonds is 10. The predicted molar refractivity (Wildman–Crippen MR) is 147 cm³/mol. The van der Waals surface area contributed by atoms with Crippen LogP contribution in [-0.2, 0) is 14.8 Å². The van der Waals surface area contributed by atoms with Gasteiger partial charge in [0.2, 0.25) is 5.91 Å². The summed E-state index contributed by atoms with van der Waals surface area (Å²) < 4.78 is 45.0. The fourth-order valence-corrected chi connectivity index (χ4v) is 5.11. The summed E-state index contributed by atoms with van der Waals surface area (Å²) in [4.78, 5) is 13.2. The average molecular weight is 533 g/mol. The third kappa shape index (κ3) is 6.24. The number of aryl methyl sites for hydroxylation is 1. The first-order valence-electron chi connectivity index (χ1n) is 11.7. The molecule has 1 N–H and O–H groups in total. The molecule has 4 aromatic carbocycles. The molecule has 8 nitrogen and oxygen atoms in total. The van der Waals surface area contributed by atoms with E-state index in [0.29, 0.717) is 22.9 Å². The molecule has 0 unspecified atom stereocenters. The van der Waals surface area contributed by atoms with Crippen molar-refractivity contribution in [1.82, 2.24) is 0 Å². The zero-order valence-electron chi connectivity index (χ0n) is 21.2. The van der Waals surface area contributed by atoms with E-state index >= 15 is 0 Å². The van der Waals surface area contributed by atoms with Gasteiger partial charge in [-0.15, -0.1) is 0 Å². The Bertz CT molecular complexity index is 1490. The van der Waals surface area contributed by atoms with Crippen LogP contribution in [0.15, 0.2) is 102 Å². The predicted octanol–water partition coefficient (Wildman–Crippen LogP) is 5.64. The van der Waals surface area contributed by atoms with Gasteiger partial charge in [-0.1, -0.05) is 35.9 Å². The maximum Gasteiger partial charge on any atom is 0.264 e. The fraction of sp³-hybridized carbons (Fsp3) is 0.138. The largest absolute Gasteiger partial charge is 0.497 e. The second kappa shape index (κ2) is 11.7. The van der Waals surface area contributed by atoms with Gasteiger partial charge < -0.3 is 19.5 Å². The van der Waals surface area contributed by atoms with E-state index in [1.165, 1.54) is 32.4 Å². The average Bonchev–Trinajstić information content (AvgIpc) is 2.93. The lowest BCUT2D eigenvalue weighted by Gasteiger charge is -2.26. The van der Waals surface area contributed by atoms with Crippen LogP contribution in [-0.4, -0.2) is 35.1 Å². The molecule has 0 spiro atoms. The molecule has 4 rings (SSSR count). The Kier molecular flexibility index (Phi) is 8.18. The molecule has 1 amide bonds. The highest BCUT2D eigenvalue weighted by atomic mass is 32.2. The van der Waals surface area contributed by atoms with Gasteiger partial charge in [-0.2, -0.15) is 0 Å². The molecule has 0 bridgehead atoms. The van der Waals surface area contributed by atoms with Crippen LogP contribution < -0.4 is 23.8 Å². The summed E-state index contributed by atoms with van der Waals surface area (Å²) in [5, 5.41) is 2.76. The van der Waals surface area contributed by atoms with E-state index in [-0.39, 0.29) is 16.3 Å². The van der Waals surface area contributed by atoms with E-state index in [2.05, 4.69) is 5.32 Å². The number of benzene rings is 4. The van der Waals surface area contributed by atoms with Crippen molar-refractivity contribution >= 4 is 27.3 Å². The molecule has 0 saturated heterocycles. The molecule has 0 atom stereocenters. The molecular weight excluding hydrogens is 504 g/mol. The number of ether oxygens (including phenoxy) is 3. The van der Waals surface area contributed by atoms with E-state index in [4.69, 9.17) is 14.2 Å². The second-order valence-electron chi connectivity index (χ2n) is 8.35. The van der Waals surface area contributed by atoms with Crippen LogP contribution in [0.3, 0.4) is 0 Å². The summed E-state index contributed by atoms with van der Waals surface area (Å²) in [6.07, 6.45) is 0. The van der Waals surface area contributed by atoms with Crippen LogP contribution in [0.2, 0.25) is 0 Å². The number of nitrogens with zero attached hydrogens (tertiary/aromatic N) is 1. The molecule has 38 heavy (non-hydrogen) atoms. The van der Waals surface area contributed by atoms with Crippen molar-refractivity contribution in [1.29, 1.82) is 0 Å². The number of sulfonamides is 1. The summed E-state index contributed by atoms with van der Waals surface area (Å²) in [6.45, 7) is 1.37. The normalized spacial score (nSPS) is 10.9.